The summed E-state index contributed by atoms with van der Waals surface area (Å²) in [6.45, 7) is 9.42. The van der Waals surface area contributed by atoms with Gasteiger partial charge in [-0.05, 0) is 42.3 Å². The van der Waals surface area contributed by atoms with E-state index in [1.54, 1.807) is 0 Å². The second-order valence-corrected chi connectivity index (χ2v) is 7.47. The number of hydrogen-bond donors (Lipinski definition) is 1. The van der Waals surface area contributed by atoms with Crippen molar-refractivity contribution in [1.82, 2.24) is 5.32 Å². The van der Waals surface area contributed by atoms with Gasteiger partial charge in [0.1, 0.15) is 0 Å². The van der Waals surface area contributed by atoms with Crippen LogP contribution in [0.1, 0.15) is 51.5 Å². The Bertz CT molecular complexity index is 415. The van der Waals surface area contributed by atoms with Crippen LogP contribution in [0.2, 0.25) is 0 Å². The summed E-state index contributed by atoms with van der Waals surface area (Å²) in [5.74, 6) is 1.42. The fourth-order valence-electron chi connectivity index (χ4n) is 3.20. The summed E-state index contributed by atoms with van der Waals surface area (Å²) in [4.78, 5) is 0. The summed E-state index contributed by atoms with van der Waals surface area (Å²) in [5.41, 5.74) is 1.90. The highest BCUT2D eigenvalue weighted by Gasteiger charge is 2.37. The molecule has 0 bridgehead atoms. The highest BCUT2D eigenvalue weighted by Crippen LogP contribution is 2.46. The smallest absolute Gasteiger partial charge is 0.0210 e. The molecule has 1 aliphatic heterocycles. The maximum atomic E-state index is 3.74. The number of hydrogen-bond acceptors (Lipinski definition) is 1. The monoisotopic (exact) mass is 323 g/mol. The van der Waals surface area contributed by atoms with Crippen molar-refractivity contribution < 1.29 is 0 Å². The number of piperidine rings is 1. The lowest BCUT2D eigenvalue weighted by atomic mass is 9.66. The zero-order valence-corrected chi connectivity index (χ0v) is 14.0. The van der Waals surface area contributed by atoms with E-state index in [4.69, 9.17) is 0 Å². The summed E-state index contributed by atoms with van der Waals surface area (Å²) in [6, 6.07) is 8.73. The molecular weight excluding hydrogens is 298 g/mol. The molecule has 106 valence electrons. The van der Waals surface area contributed by atoms with E-state index in [1.165, 1.54) is 29.3 Å². The molecule has 19 heavy (non-hydrogen) atoms. The first kappa shape index (κ1) is 15.1. The van der Waals surface area contributed by atoms with Crippen molar-refractivity contribution in [3.05, 3.63) is 34.3 Å². The standard InChI is InChI=1S/C17H26BrN/c1-13(2)8-9-17(3)10-11-19-12-15(17)14-6-4-5-7-16(14)18/h4-7,13,15,19H,8-12H2,1-3H3. The van der Waals surface area contributed by atoms with E-state index in [1.807, 2.05) is 0 Å². The van der Waals surface area contributed by atoms with Crippen LogP contribution in [-0.4, -0.2) is 13.1 Å². The number of halogens is 1. The Balaban J connectivity index is 2.22. The molecule has 2 unspecified atom stereocenters. The highest BCUT2D eigenvalue weighted by atomic mass is 79.9. The van der Waals surface area contributed by atoms with Crippen LogP contribution in [0.4, 0.5) is 0 Å². The lowest BCUT2D eigenvalue weighted by Crippen LogP contribution is -2.42. The van der Waals surface area contributed by atoms with E-state index in [-0.39, 0.29) is 0 Å². The van der Waals surface area contributed by atoms with Crippen LogP contribution in [0.25, 0.3) is 0 Å². The third-order valence-electron chi connectivity index (χ3n) is 4.64. The van der Waals surface area contributed by atoms with Gasteiger partial charge in [0.2, 0.25) is 0 Å². The van der Waals surface area contributed by atoms with Crippen molar-refractivity contribution in [2.75, 3.05) is 13.1 Å². The zero-order chi connectivity index (χ0) is 13.9. The average Bonchev–Trinajstić information content (AvgIpc) is 2.38. The normalized spacial score (nSPS) is 27.7. The number of rotatable bonds is 4. The Kier molecular flexibility index (Phi) is 5.08. The molecule has 0 amide bonds. The summed E-state index contributed by atoms with van der Waals surface area (Å²) >= 11 is 3.74. The second-order valence-electron chi connectivity index (χ2n) is 6.61. The van der Waals surface area contributed by atoms with Crippen LogP contribution >= 0.6 is 15.9 Å². The van der Waals surface area contributed by atoms with Crippen LogP contribution < -0.4 is 5.32 Å². The molecule has 0 saturated carbocycles. The molecule has 1 aromatic carbocycles. The summed E-state index contributed by atoms with van der Waals surface area (Å²) in [7, 11) is 0. The van der Waals surface area contributed by atoms with Crippen molar-refractivity contribution >= 4 is 15.9 Å². The molecule has 1 N–H and O–H groups in total. The number of benzene rings is 1. The minimum Gasteiger partial charge on any atom is -0.316 e. The first-order chi connectivity index (χ1) is 9.03. The van der Waals surface area contributed by atoms with Gasteiger partial charge in [0.15, 0.2) is 0 Å². The van der Waals surface area contributed by atoms with Gasteiger partial charge in [0.25, 0.3) is 0 Å². The topological polar surface area (TPSA) is 12.0 Å². The minimum atomic E-state index is 0.430. The van der Waals surface area contributed by atoms with Gasteiger partial charge in [-0.1, -0.05) is 61.3 Å². The van der Waals surface area contributed by atoms with E-state index in [0.717, 1.165) is 19.0 Å². The molecule has 1 heterocycles. The molecule has 1 aromatic rings. The van der Waals surface area contributed by atoms with Crippen molar-refractivity contribution in [2.45, 2.75) is 46.0 Å². The largest absolute Gasteiger partial charge is 0.316 e. The van der Waals surface area contributed by atoms with E-state index >= 15 is 0 Å². The maximum absolute atomic E-state index is 3.74. The minimum absolute atomic E-state index is 0.430. The molecule has 1 aliphatic rings. The van der Waals surface area contributed by atoms with Gasteiger partial charge in [0.05, 0.1) is 0 Å². The summed E-state index contributed by atoms with van der Waals surface area (Å²) < 4.78 is 1.26. The van der Waals surface area contributed by atoms with Crippen molar-refractivity contribution in [2.24, 2.45) is 11.3 Å². The molecule has 2 rings (SSSR count). The maximum Gasteiger partial charge on any atom is 0.0210 e. The fourth-order valence-corrected chi connectivity index (χ4v) is 3.76. The molecule has 1 nitrogen and oxygen atoms in total. The zero-order valence-electron chi connectivity index (χ0n) is 12.4. The molecule has 1 saturated heterocycles. The Morgan fingerprint density at radius 3 is 2.79 bits per heavy atom. The predicted octanol–water partition coefficient (Wildman–Crippen LogP) is 4.97. The van der Waals surface area contributed by atoms with Gasteiger partial charge >= 0.3 is 0 Å². The third-order valence-corrected chi connectivity index (χ3v) is 5.36. The van der Waals surface area contributed by atoms with Crippen LogP contribution in [-0.2, 0) is 0 Å². The molecule has 2 heteroatoms. The van der Waals surface area contributed by atoms with Crippen molar-refractivity contribution in [3.8, 4) is 0 Å². The summed E-state index contributed by atoms with van der Waals surface area (Å²) in [5, 5.41) is 3.58. The first-order valence-corrected chi connectivity index (χ1v) is 8.27. The van der Waals surface area contributed by atoms with Gasteiger partial charge in [-0.15, -0.1) is 0 Å². The van der Waals surface area contributed by atoms with Gasteiger partial charge in [-0.2, -0.15) is 0 Å². The van der Waals surface area contributed by atoms with Crippen LogP contribution in [0.15, 0.2) is 28.7 Å². The first-order valence-electron chi connectivity index (χ1n) is 7.48. The highest BCUT2D eigenvalue weighted by molar-refractivity contribution is 9.10. The number of nitrogens with one attached hydrogen (secondary N) is 1. The van der Waals surface area contributed by atoms with Gasteiger partial charge in [-0.3, -0.25) is 0 Å². The van der Waals surface area contributed by atoms with Gasteiger partial charge in [0, 0.05) is 16.9 Å². The van der Waals surface area contributed by atoms with Crippen LogP contribution in [0.3, 0.4) is 0 Å². The van der Waals surface area contributed by atoms with Crippen molar-refractivity contribution in [1.29, 1.82) is 0 Å². The van der Waals surface area contributed by atoms with E-state index < -0.39 is 0 Å². The predicted molar refractivity (Wildman–Crippen MR) is 86.5 cm³/mol. The summed E-state index contributed by atoms with van der Waals surface area (Å²) in [6.07, 6.45) is 3.95. The molecule has 0 radical (unpaired) electrons. The van der Waals surface area contributed by atoms with Crippen LogP contribution in [0, 0.1) is 11.3 Å². The molecule has 0 aromatic heterocycles. The SMILES string of the molecule is CC(C)CCC1(C)CCNCC1c1ccccc1Br. The van der Waals surface area contributed by atoms with Gasteiger partial charge < -0.3 is 5.32 Å². The molecule has 0 aliphatic carbocycles. The Hall–Kier alpha value is -0.340. The third kappa shape index (κ3) is 3.61. The average molecular weight is 324 g/mol. The Morgan fingerprint density at radius 1 is 1.37 bits per heavy atom. The molecule has 1 fully saturated rings. The Labute approximate surface area is 126 Å². The quantitative estimate of drug-likeness (QED) is 0.824. The Morgan fingerprint density at radius 2 is 2.11 bits per heavy atom. The fraction of sp³-hybridized carbons (Fsp3) is 0.647. The van der Waals surface area contributed by atoms with Gasteiger partial charge in [-0.25, -0.2) is 0 Å². The van der Waals surface area contributed by atoms with E-state index in [2.05, 4.69) is 66.3 Å². The van der Waals surface area contributed by atoms with E-state index in [0.29, 0.717) is 11.3 Å². The molecule has 0 spiro atoms. The lowest BCUT2D eigenvalue weighted by Gasteiger charge is -2.43. The molecule has 2 atom stereocenters. The van der Waals surface area contributed by atoms with Crippen LogP contribution in [0.5, 0.6) is 0 Å². The molecular formula is C17H26BrN. The van der Waals surface area contributed by atoms with E-state index in [9.17, 15) is 0 Å². The van der Waals surface area contributed by atoms with Crippen molar-refractivity contribution in [3.63, 3.8) is 0 Å². The lowest BCUT2D eigenvalue weighted by molar-refractivity contribution is 0.161. The second kappa shape index (κ2) is 6.41.